The first-order valence-electron chi connectivity index (χ1n) is 19.3. The van der Waals surface area contributed by atoms with Gasteiger partial charge in [0.2, 0.25) is 0 Å². The highest BCUT2D eigenvalue weighted by Gasteiger charge is 2.37. The van der Waals surface area contributed by atoms with Crippen molar-refractivity contribution in [2.45, 2.75) is 31.5 Å². The van der Waals surface area contributed by atoms with E-state index in [2.05, 4.69) is 189 Å². The molecule has 264 valence electrons. The third-order valence-corrected chi connectivity index (χ3v) is 11.9. The van der Waals surface area contributed by atoms with Gasteiger partial charge in [-0.25, -0.2) is 0 Å². The average Bonchev–Trinajstić information content (AvgIpc) is 3.46. The van der Waals surface area contributed by atoms with Crippen molar-refractivity contribution in [2.75, 3.05) is 0 Å². The number of rotatable bonds is 7. The van der Waals surface area contributed by atoms with Crippen molar-refractivity contribution in [2.24, 2.45) is 5.73 Å². The van der Waals surface area contributed by atoms with Crippen LogP contribution in [-0.4, -0.2) is 0 Å². The zero-order chi connectivity index (χ0) is 37.1. The number of nitrogens with two attached hydrogens (primary N) is 1. The van der Waals surface area contributed by atoms with Crippen LogP contribution in [0, 0.1) is 0 Å². The first kappa shape index (κ1) is 33.3. The number of nitrogens with one attached hydrogen (secondary N) is 1. The SMILES string of the molecule is CC1(C)c2cc3ccccc3cc2-c2c(-c3ccc(/C=C/C(NC(N)c4ccccc4)c4c5ccccc5cc5c4ccc4ccccc45)cc3)cccc21. The summed E-state index contributed by atoms with van der Waals surface area (Å²) in [7, 11) is 0. The monoisotopic (exact) mass is 706 g/mol. The zero-order valence-corrected chi connectivity index (χ0v) is 31.1. The van der Waals surface area contributed by atoms with Gasteiger partial charge >= 0.3 is 0 Å². The largest absolute Gasteiger partial charge is 0.312 e. The molecule has 0 bridgehead atoms. The van der Waals surface area contributed by atoms with Gasteiger partial charge in [-0.05, 0) is 111 Å². The van der Waals surface area contributed by atoms with Gasteiger partial charge in [-0.15, -0.1) is 0 Å². The molecular weight excluding hydrogens is 665 g/mol. The summed E-state index contributed by atoms with van der Waals surface area (Å²) in [6, 6.07) is 63.8. The molecule has 0 aliphatic heterocycles. The van der Waals surface area contributed by atoms with Gasteiger partial charge < -0.3 is 5.73 Å². The molecule has 0 spiro atoms. The summed E-state index contributed by atoms with van der Waals surface area (Å²) in [6.07, 6.45) is 4.17. The molecule has 1 aliphatic carbocycles. The van der Waals surface area contributed by atoms with E-state index in [9.17, 15) is 0 Å². The van der Waals surface area contributed by atoms with Gasteiger partial charge in [-0.2, -0.15) is 0 Å². The third-order valence-electron chi connectivity index (χ3n) is 11.9. The molecule has 10 rings (SSSR count). The standard InChI is InChI=1S/C53H42N2/c1-53(2)47-22-12-21-42(50(47)46-31-38-16-6-7-17-39(38)33-48(46)53)36-26-23-34(24-27-36)25-30-49(55-52(54)37-14-4-3-5-15-37)51-43-20-11-9-18-40(43)32-45-41-19-10-8-13-35(41)28-29-44(45)51/h3-33,49,52,55H,54H2,1-2H3/b30-25+. The highest BCUT2D eigenvalue weighted by molar-refractivity contribution is 6.14. The van der Waals surface area contributed by atoms with Gasteiger partial charge in [0.1, 0.15) is 0 Å². The topological polar surface area (TPSA) is 38.0 Å². The molecule has 0 heterocycles. The average molecular weight is 707 g/mol. The van der Waals surface area contributed by atoms with Gasteiger partial charge in [0.05, 0.1) is 12.2 Å². The molecule has 1 aliphatic rings. The van der Waals surface area contributed by atoms with Crippen LogP contribution >= 0.6 is 0 Å². The molecule has 55 heavy (non-hydrogen) atoms. The predicted octanol–water partition coefficient (Wildman–Crippen LogP) is 13.3. The maximum Gasteiger partial charge on any atom is 0.0817 e. The summed E-state index contributed by atoms with van der Waals surface area (Å²) in [4.78, 5) is 0. The first-order valence-corrected chi connectivity index (χ1v) is 19.3. The van der Waals surface area contributed by atoms with Gasteiger partial charge in [0, 0.05) is 5.41 Å². The smallest absolute Gasteiger partial charge is 0.0817 e. The van der Waals surface area contributed by atoms with E-state index in [1.54, 1.807) is 0 Å². The molecule has 2 unspecified atom stereocenters. The van der Waals surface area contributed by atoms with E-state index >= 15 is 0 Å². The maximum absolute atomic E-state index is 6.95. The summed E-state index contributed by atoms with van der Waals surface area (Å²) in [6.45, 7) is 4.72. The fraction of sp³-hybridized carbons (Fsp3) is 0.0943. The number of fused-ring (bicyclic) bond motifs is 8. The molecule has 3 N–H and O–H groups in total. The lowest BCUT2D eigenvalue weighted by Crippen LogP contribution is -2.31. The highest BCUT2D eigenvalue weighted by Crippen LogP contribution is 2.53. The third kappa shape index (κ3) is 5.65. The highest BCUT2D eigenvalue weighted by atomic mass is 15.0. The molecule has 9 aromatic carbocycles. The van der Waals surface area contributed by atoms with Crippen molar-refractivity contribution in [3.8, 4) is 22.3 Å². The van der Waals surface area contributed by atoms with E-state index in [1.165, 1.54) is 82.0 Å². The lowest BCUT2D eigenvalue weighted by atomic mass is 9.81. The Morgan fingerprint density at radius 1 is 0.509 bits per heavy atom. The molecule has 0 fully saturated rings. The van der Waals surface area contributed by atoms with Crippen molar-refractivity contribution < 1.29 is 0 Å². The Bertz CT molecular complexity index is 2940. The van der Waals surface area contributed by atoms with Crippen LogP contribution in [0.1, 0.15) is 53.9 Å². The maximum atomic E-state index is 6.95. The van der Waals surface area contributed by atoms with E-state index in [0.29, 0.717) is 0 Å². The Labute approximate surface area is 322 Å². The van der Waals surface area contributed by atoms with E-state index in [4.69, 9.17) is 5.73 Å². The molecule has 0 saturated carbocycles. The van der Waals surface area contributed by atoms with E-state index in [1.807, 2.05) is 18.2 Å². The normalized spacial score (nSPS) is 14.5. The second kappa shape index (κ2) is 13.2. The molecule has 0 saturated heterocycles. The molecular formula is C53H42N2. The van der Waals surface area contributed by atoms with Gasteiger partial charge in [-0.1, -0.05) is 184 Å². The summed E-state index contributed by atoms with van der Waals surface area (Å²) >= 11 is 0. The molecule has 0 aromatic heterocycles. The molecule has 2 atom stereocenters. The summed E-state index contributed by atoms with van der Waals surface area (Å²) in [5.74, 6) is 0. The minimum absolute atomic E-state index is 0.0753. The Balaban J connectivity index is 1.07. The Hall–Kier alpha value is -6.32. The minimum atomic E-state index is -0.364. The Kier molecular flexibility index (Phi) is 7.99. The van der Waals surface area contributed by atoms with Crippen LogP contribution in [0.3, 0.4) is 0 Å². The summed E-state index contributed by atoms with van der Waals surface area (Å²) in [5.41, 5.74) is 18.3. The van der Waals surface area contributed by atoms with E-state index in [0.717, 1.165) is 11.1 Å². The van der Waals surface area contributed by atoms with Crippen LogP contribution in [0.5, 0.6) is 0 Å². The molecule has 2 heteroatoms. The van der Waals surface area contributed by atoms with Crippen molar-refractivity contribution in [1.82, 2.24) is 5.32 Å². The van der Waals surface area contributed by atoms with Gasteiger partial charge in [-0.3, -0.25) is 5.32 Å². The van der Waals surface area contributed by atoms with Crippen LogP contribution in [0.4, 0.5) is 0 Å². The van der Waals surface area contributed by atoms with Crippen LogP contribution in [0.25, 0.3) is 71.4 Å². The number of hydrogen-bond acceptors (Lipinski definition) is 2. The number of benzene rings is 9. The second-order valence-electron chi connectivity index (χ2n) is 15.5. The molecule has 0 radical (unpaired) electrons. The zero-order valence-electron chi connectivity index (χ0n) is 31.1. The second-order valence-corrected chi connectivity index (χ2v) is 15.5. The summed E-state index contributed by atoms with van der Waals surface area (Å²) < 4.78 is 0. The minimum Gasteiger partial charge on any atom is -0.312 e. The lowest BCUT2D eigenvalue weighted by Gasteiger charge is -2.25. The van der Waals surface area contributed by atoms with E-state index in [-0.39, 0.29) is 17.6 Å². The van der Waals surface area contributed by atoms with Crippen molar-refractivity contribution in [1.29, 1.82) is 0 Å². The van der Waals surface area contributed by atoms with Crippen LogP contribution in [0.2, 0.25) is 0 Å². The van der Waals surface area contributed by atoms with Crippen LogP contribution in [0.15, 0.2) is 182 Å². The molecule has 9 aromatic rings. The van der Waals surface area contributed by atoms with Crippen molar-refractivity contribution in [3.05, 3.63) is 210 Å². The predicted molar refractivity (Wildman–Crippen MR) is 234 cm³/mol. The van der Waals surface area contributed by atoms with Crippen LogP contribution in [-0.2, 0) is 5.41 Å². The van der Waals surface area contributed by atoms with Crippen molar-refractivity contribution in [3.63, 3.8) is 0 Å². The van der Waals surface area contributed by atoms with Gasteiger partial charge in [0.25, 0.3) is 0 Å². The number of hydrogen-bond donors (Lipinski definition) is 2. The quantitative estimate of drug-likeness (QED) is 0.0984. The molecule has 0 amide bonds. The van der Waals surface area contributed by atoms with E-state index < -0.39 is 0 Å². The molecule has 2 nitrogen and oxygen atoms in total. The van der Waals surface area contributed by atoms with Gasteiger partial charge in [0.15, 0.2) is 0 Å². The Morgan fingerprint density at radius 3 is 1.96 bits per heavy atom. The van der Waals surface area contributed by atoms with Crippen LogP contribution < -0.4 is 11.1 Å². The van der Waals surface area contributed by atoms with Crippen molar-refractivity contribution >= 4 is 49.2 Å². The lowest BCUT2D eigenvalue weighted by molar-refractivity contribution is 0.513. The fourth-order valence-electron chi connectivity index (χ4n) is 9.07. The summed E-state index contributed by atoms with van der Waals surface area (Å²) in [5, 5.41) is 13.8. The fourth-order valence-corrected chi connectivity index (χ4v) is 9.07. The Morgan fingerprint density at radius 2 is 1.18 bits per heavy atom. The first-order chi connectivity index (χ1) is 26.9.